The molecule has 1 heterocycles. The van der Waals surface area contributed by atoms with Crippen molar-refractivity contribution < 1.29 is 19.2 Å². The number of nitrogens with zero attached hydrogens (tertiary/aromatic N) is 2. The van der Waals surface area contributed by atoms with Gasteiger partial charge >= 0.3 is 5.69 Å². The van der Waals surface area contributed by atoms with E-state index in [0.29, 0.717) is 10.8 Å². The average molecular weight is 444 g/mol. The molecule has 0 aromatic heterocycles. The summed E-state index contributed by atoms with van der Waals surface area (Å²) in [5, 5.41) is 14.3. The minimum atomic E-state index is -0.688. The number of nitrogens with one attached hydrogen (secondary N) is 1. The predicted octanol–water partition coefficient (Wildman–Crippen LogP) is 3.85. The van der Waals surface area contributed by atoms with Crippen molar-refractivity contribution in [2.45, 2.75) is 0 Å². The molecule has 2 aromatic rings. The third-order valence-corrected chi connectivity index (χ3v) is 4.57. The van der Waals surface area contributed by atoms with Gasteiger partial charge in [-0.2, -0.15) is 0 Å². The number of thiocarbonyl (C=S) groups is 1. The molecule has 0 atom stereocenters. The first-order valence-electron chi connectivity index (χ1n) is 8.52. The highest BCUT2D eigenvalue weighted by atomic mass is 35.5. The lowest BCUT2D eigenvalue weighted by molar-refractivity contribution is -0.385. The Bertz CT molecular complexity index is 1120. The molecule has 1 aliphatic heterocycles. The molecule has 2 aromatic carbocycles. The van der Waals surface area contributed by atoms with Crippen molar-refractivity contribution >= 4 is 52.5 Å². The first kappa shape index (κ1) is 21.2. The maximum Gasteiger partial charge on any atom is 0.312 e. The molecule has 152 valence electrons. The Morgan fingerprint density at radius 3 is 2.70 bits per heavy atom. The molecular weight excluding hydrogens is 430 g/mol. The van der Waals surface area contributed by atoms with Gasteiger partial charge in [-0.05, 0) is 48.1 Å². The standard InChI is InChI=1S/C20H14ClN3O5S/c1-2-8-23-19(26)15(18(25)22-20(23)30)9-12-6-7-17(16(10-12)24(27)28)29-14-5-3-4-13(21)11-14/h2-7,9-11H,1,8H2,(H,22,25,30)/b15-9+. The number of amides is 2. The summed E-state index contributed by atoms with van der Waals surface area (Å²) in [5.74, 6) is -0.997. The molecule has 3 rings (SSSR count). The van der Waals surface area contributed by atoms with Crippen molar-refractivity contribution in [1.82, 2.24) is 10.2 Å². The zero-order valence-corrected chi connectivity index (χ0v) is 16.9. The number of ether oxygens (including phenoxy) is 1. The number of hydrogen-bond donors (Lipinski definition) is 1. The predicted molar refractivity (Wildman–Crippen MR) is 115 cm³/mol. The van der Waals surface area contributed by atoms with Crippen LogP contribution < -0.4 is 10.1 Å². The Morgan fingerprint density at radius 1 is 1.27 bits per heavy atom. The number of nitro benzene ring substituents is 1. The summed E-state index contributed by atoms with van der Waals surface area (Å²) in [5.41, 5.74) is -0.278. The fraction of sp³-hybridized carbons (Fsp3) is 0.0500. The van der Waals surface area contributed by atoms with Gasteiger partial charge in [-0.1, -0.05) is 29.8 Å². The Labute approximate surface area is 181 Å². The molecule has 1 aliphatic rings. The van der Waals surface area contributed by atoms with Crippen LogP contribution in [0.1, 0.15) is 5.56 Å². The number of benzene rings is 2. The van der Waals surface area contributed by atoms with Crippen LogP contribution >= 0.6 is 23.8 Å². The SMILES string of the molecule is C=CCN1C(=O)/C(=C/c2ccc(Oc3cccc(Cl)c3)c([N+](=O)[O-])c2)C(=O)NC1=S. The first-order chi connectivity index (χ1) is 14.3. The van der Waals surface area contributed by atoms with Crippen LogP contribution in [0.4, 0.5) is 5.69 Å². The van der Waals surface area contributed by atoms with Crippen LogP contribution in [0.5, 0.6) is 11.5 Å². The van der Waals surface area contributed by atoms with Gasteiger partial charge < -0.3 is 4.74 Å². The van der Waals surface area contributed by atoms with Gasteiger partial charge in [0.15, 0.2) is 5.11 Å². The number of carbonyl (C=O) groups is 2. The summed E-state index contributed by atoms with van der Waals surface area (Å²) in [6, 6.07) is 10.5. The van der Waals surface area contributed by atoms with E-state index >= 15 is 0 Å². The molecule has 8 nitrogen and oxygen atoms in total. The van der Waals surface area contributed by atoms with Crippen molar-refractivity contribution in [3.63, 3.8) is 0 Å². The molecule has 10 heteroatoms. The Morgan fingerprint density at radius 2 is 2.03 bits per heavy atom. The van der Waals surface area contributed by atoms with Crippen molar-refractivity contribution in [3.05, 3.63) is 81.4 Å². The quantitative estimate of drug-likeness (QED) is 0.182. The van der Waals surface area contributed by atoms with Gasteiger partial charge in [0.1, 0.15) is 11.3 Å². The zero-order chi connectivity index (χ0) is 21.8. The van der Waals surface area contributed by atoms with Crippen LogP contribution in [0, 0.1) is 10.1 Å². The molecule has 2 amide bonds. The van der Waals surface area contributed by atoms with E-state index in [1.807, 2.05) is 0 Å². The number of nitro groups is 1. The van der Waals surface area contributed by atoms with Crippen molar-refractivity contribution in [2.24, 2.45) is 0 Å². The third kappa shape index (κ3) is 4.53. The van der Waals surface area contributed by atoms with E-state index in [2.05, 4.69) is 11.9 Å². The van der Waals surface area contributed by atoms with E-state index in [0.717, 1.165) is 0 Å². The second kappa shape index (κ2) is 8.85. The van der Waals surface area contributed by atoms with E-state index in [4.69, 9.17) is 28.6 Å². The lowest BCUT2D eigenvalue weighted by atomic mass is 10.1. The summed E-state index contributed by atoms with van der Waals surface area (Å²) >= 11 is 10.9. The van der Waals surface area contributed by atoms with Crippen molar-refractivity contribution in [2.75, 3.05) is 6.54 Å². The molecule has 1 saturated heterocycles. The second-order valence-electron chi connectivity index (χ2n) is 6.07. The maximum absolute atomic E-state index is 12.6. The monoisotopic (exact) mass is 443 g/mol. The van der Waals surface area contributed by atoms with Crippen LogP contribution in [-0.4, -0.2) is 33.3 Å². The van der Waals surface area contributed by atoms with Crippen LogP contribution in [-0.2, 0) is 9.59 Å². The molecule has 0 bridgehead atoms. The van der Waals surface area contributed by atoms with Gasteiger partial charge in [0.05, 0.1) is 4.92 Å². The highest BCUT2D eigenvalue weighted by Crippen LogP contribution is 2.33. The fourth-order valence-electron chi connectivity index (χ4n) is 2.67. The second-order valence-corrected chi connectivity index (χ2v) is 6.89. The van der Waals surface area contributed by atoms with Gasteiger partial charge in [-0.3, -0.25) is 29.9 Å². The fourth-order valence-corrected chi connectivity index (χ4v) is 3.10. The average Bonchev–Trinajstić information content (AvgIpc) is 2.69. The number of hydrogen-bond acceptors (Lipinski definition) is 6. The molecule has 0 saturated carbocycles. The minimum absolute atomic E-state index is 0.0155. The van der Waals surface area contributed by atoms with E-state index < -0.39 is 16.7 Å². The van der Waals surface area contributed by atoms with Gasteiger partial charge in [0.25, 0.3) is 11.8 Å². The normalized spacial score (nSPS) is 15.2. The van der Waals surface area contributed by atoms with Crippen molar-refractivity contribution in [1.29, 1.82) is 0 Å². The molecule has 0 radical (unpaired) electrons. The van der Waals surface area contributed by atoms with E-state index in [1.165, 1.54) is 41.3 Å². The molecule has 30 heavy (non-hydrogen) atoms. The highest BCUT2D eigenvalue weighted by molar-refractivity contribution is 7.80. The number of carbonyl (C=O) groups excluding carboxylic acids is 2. The molecule has 0 unspecified atom stereocenters. The third-order valence-electron chi connectivity index (χ3n) is 4.01. The van der Waals surface area contributed by atoms with E-state index in [-0.39, 0.29) is 34.2 Å². The lowest BCUT2D eigenvalue weighted by Gasteiger charge is -2.27. The van der Waals surface area contributed by atoms with Crippen LogP contribution in [0.25, 0.3) is 6.08 Å². The first-order valence-corrected chi connectivity index (χ1v) is 9.30. The molecule has 1 fully saturated rings. The Hall–Kier alpha value is -3.56. The summed E-state index contributed by atoms with van der Waals surface area (Å²) < 4.78 is 5.57. The maximum atomic E-state index is 12.6. The van der Waals surface area contributed by atoms with Gasteiger partial charge in [0.2, 0.25) is 5.75 Å². The van der Waals surface area contributed by atoms with E-state index in [9.17, 15) is 19.7 Å². The molecule has 0 spiro atoms. The van der Waals surface area contributed by atoms with Gasteiger partial charge in [-0.15, -0.1) is 6.58 Å². The van der Waals surface area contributed by atoms with Crippen molar-refractivity contribution in [3.8, 4) is 11.5 Å². The van der Waals surface area contributed by atoms with Gasteiger partial charge in [-0.25, -0.2) is 0 Å². The van der Waals surface area contributed by atoms with Crippen LogP contribution in [0.2, 0.25) is 5.02 Å². The summed E-state index contributed by atoms with van der Waals surface area (Å²) in [4.78, 5) is 36.9. The smallest absolute Gasteiger partial charge is 0.312 e. The zero-order valence-electron chi connectivity index (χ0n) is 15.3. The molecular formula is C20H14ClN3O5S. The van der Waals surface area contributed by atoms with Gasteiger partial charge in [0, 0.05) is 17.6 Å². The Balaban J connectivity index is 1.96. The molecule has 0 aliphatic carbocycles. The number of halogens is 1. The largest absolute Gasteiger partial charge is 0.450 e. The molecule has 1 N–H and O–H groups in total. The highest BCUT2D eigenvalue weighted by Gasteiger charge is 2.32. The minimum Gasteiger partial charge on any atom is -0.450 e. The Kier molecular flexibility index (Phi) is 6.24. The summed E-state index contributed by atoms with van der Waals surface area (Å²) in [6.45, 7) is 3.66. The number of rotatable bonds is 6. The van der Waals surface area contributed by atoms with E-state index in [1.54, 1.807) is 18.2 Å². The topological polar surface area (TPSA) is 102 Å². The van der Waals surface area contributed by atoms with Crippen LogP contribution in [0.3, 0.4) is 0 Å². The summed E-state index contributed by atoms with van der Waals surface area (Å²) in [6.07, 6.45) is 2.72. The van der Waals surface area contributed by atoms with Crippen LogP contribution in [0.15, 0.2) is 60.7 Å². The lowest BCUT2D eigenvalue weighted by Crippen LogP contribution is -2.53. The summed E-state index contributed by atoms with van der Waals surface area (Å²) in [7, 11) is 0.